The molecule has 0 fully saturated rings. The molecule has 1 atom stereocenters. The number of nitrogens with zero attached hydrogens (tertiary/aromatic N) is 2. The minimum absolute atomic E-state index is 0.0163. The number of alkyl carbamates (subject to hydrolysis) is 1. The van der Waals surface area contributed by atoms with Gasteiger partial charge in [0.05, 0.1) is 0 Å². The summed E-state index contributed by atoms with van der Waals surface area (Å²) in [7, 11) is 1.55. The molecule has 34 heavy (non-hydrogen) atoms. The Labute approximate surface area is 196 Å². The molecule has 0 aliphatic heterocycles. The number of aryl methyl sites for hydroxylation is 1. The Morgan fingerprint density at radius 3 is 2.29 bits per heavy atom. The summed E-state index contributed by atoms with van der Waals surface area (Å²) in [5.41, 5.74) is 4.46. The van der Waals surface area contributed by atoms with Crippen molar-refractivity contribution in [1.82, 2.24) is 15.1 Å². The second-order valence-corrected chi connectivity index (χ2v) is 8.27. The summed E-state index contributed by atoms with van der Waals surface area (Å²) in [6.45, 7) is 2.21. The summed E-state index contributed by atoms with van der Waals surface area (Å²) < 4.78 is 6.80. The number of carboxylic acids is 1. The van der Waals surface area contributed by atoms with Crippen molar-refractivity contribution >= 4 is 23.8 Å². The van der Waals surface area contributed by atoms with Crippen LogP contribution in [0.15, 0.2) is 54.6 Å². The van der Waals surface area contributed by atoms with Crippen molar-refractivity contribution in [2.45, 2.75) is 19.3 Å². The van der Waals surface area contributed by atoms with Gasteiger partial charge in [-0.3, -0.25) is 9.48 Å². The average molecular weight is 463 g/mol. The van der Waals surface area contributed by atoms with Gasteiger partial charge in [0.25, 0.3) is 0 Å². The third-order valence-corrected chi connectivity index (χ3v) is 5.99. The van der Waals surface area contributed by atoms with E-state index in [4.69, 9.17) is 9.84 Å². The van der Waals surface area contributed by atoms with E-state index in [9.17, 15) is 14.4 Å². The van der Waals surface area contributed by atoms with E-state index < -0.39 is 18.0 Å². The third-order valence-electron chi connectivity index (χ3n) is 5.99. The lowest BCUT2D eigenvalue weighted by Crippen LogP contribution is -2.30. The second kappa shape index (κ2) is 9.78. The topological polar surface area (TPSA) is 123 Å². The van der Waals surface area contributed by atoms with Crippen LogP contribution in [0.1, 0.15) is 40.9 Å². The van der Waals surface area contributed by atoms with Gasteiger partial charge in [-0.25, -0.2) is 9.59 Å². The molecule has 3 aromatic rings. The quantitative estimate of drug-likeness (QED) is 0.470. The number of rotatable bonds is 8. The minimum atomic E-state index is -1.17. The van der Waals surface area contributed by atoms with Crippen molar-refractivity contribution in [3.05, 3.63) is 71.4 Å². The fourth-order valence-electron chi connectivity index (χ4n) is 4.11. The maximum Gasteiger partial charge on any atom is 0.407 e. The lowest BCUT2D eigenvalue weighted by atomic mass is 9.98. The highest BCUT2D eigenvalue weighted by molar-refractivity contribution is 5.93. The summed E-state index contributed by atoms with van der Waals surface area (Å²) in [5, 5.41) is 18.2. The van der Waals surface area contributed by atoms with Gasteiger partial charge in [-0.2, -0.15) is 5.10 Å². The number of amides is 2. The van der Waals surface area contributed by atoms with Crippen LogP contribution in [-0.4, -0.2) is 46.0 Å². The molecule has 2 aromatic carbocycles. The van der Waals surface area contributed by atoms with E-state index in [-0.39, 0.29) is 30.7 Å². The van der Waals surface area contributed by atoms with Crippen LogP contribution < -0.4 is 10.6 Å². The lowest BCUT2D eigenvalue weighted by molar-refractivity contribution is -0.119. The van der Waals surface area contributed by atoms with Gasteiger partial charge in [-0.1, -0.05) is 55.5 Å². The zero-order valence-corrected chi connectivity index (χ0v) is 18.9. The number of ether oxygens (including phenoxy) is 1. The summed E-state index contributed by atoms with van der Waals surface area (Å²) >= 11 is 0. The van der Waals surface area contributed by atoms with E-state index in [0.717, 1.165) is 22.3 Å². The fourth-order valence-corrected chi connectivity index (χ4v) is 4.11. The first-order valence-corrected chi connectivity index (χ1v) is 11.0. The number of anilines is 1. The molecule has 0 saturated heterocycles. The molecule has 0 spiro atoms. The van der Waals surface area contributed by atoms with Crippen molar-refractivity contribution in [1.29, 1.82) is 0 Å². The molecule has 1 aromatic heterocycles. The molecule has 2 amide bonds. The highest BCUT2D eigenvalue weighted by Gasteiger charge is 2.29. The summed E-state index contributed by atoms with van der Waals surface area (Å²) in [5.74, 6) is -1.61. The number of nitrogens with one attached hydrogen (secondary N) is 2. The van der Waals surface area contributed by atoms with Crippen LogP contribution in [0.5, 0.6) is 0 Å². The van der Waals surface area contributed by atoms with E-state index >= 15 is 0 Å². The van der Waals surface area contributed by atoms with Gasteiger partial charge in [-0.05, 0) is 28.7 Å². The Morgan fingerprint density at radius 2 is 1.71 bits per heavy atom. The van der Waals surface area contributed by atoms with E-state index in [1.54, 1.807) is 14.0 Å². The number of hydrogen-bond acceptors (Lipinski definition) is 5. The maximum atomic E-state index is 12.4. The Balaban J connectivity index is 1.25. The van der Waals surface area contributed by atoms with E-state index in [2.05, 4.69) is 40.0 Å². The first-order valence-electron chi connectivity index (χ1n) is 11.0. The van der Waals surface area contributed by atoms with Gasteiger partial charge in [0.1, 0.15) is 12.4 Å². The number of hydrogen-bond donors (Lipinski definition) is 3. The SMILES string of the molecule is CC(CCNC(=O)OCC1c2ccccc2-c2ccccc21)C(=O)Nc1cc(C(=O)O)nn1C. The fraction of sp³-hybridized carbons (Fsp3) is 0.280. The van der Waals surface area contributed by atoms with Gasteiger partial charge < -0.3 is 20.5 Å². The Morgan fingerprint density at radius 1 is 1.09 bits per heavy atom. The normalized spacial score (nSPS) is 13.0. The smallest absolute Gasteiger partial charge is 0.407 e. The van der Waals surface area contributed by atoms with Crippen molar-refractivity contribution in [3.63, 3.8) is 0 Å². The molecule has 1 heterocycles. The van der Waals surface area contributed by atoms with E-state index in [1.165, 1.54) is 10.7 Å². The predicted molar refractivity (Wildman–Crippen MR) is 126 cm³/mol. The van der Waals surface area contributed by atoms with Gasteiger partial charge in [0, 0.05) is 31.5 Å². The maximum absolute atomic E-state index is 12.4. The highest BCUT2D eigenvalue weighted by Crippen LogP contribution is 2.44. The van der Waals surface area contributed by atoms with Crippen LogP contribution >= 0.6 is 0 Å². The summed E-state index contributed by atoms with van der Waals surface area (Å²) in [6.07, 6.45) is -0.146. The first-order chi connectivity index (χ1) is 16.3. The van der Waals surface area contributed by atoms with Crippen LogP contribution in [0.25, 0.3) is 11.1 Å². The molecule has 0 saturated carbocycles. The molecule has 0 radical (unpaired) electrons. The molecule has 9 heteroatoms. The van der Waals surface area contributed by atoms with Gasteiger partial charge >= 0.3 is 12.1 Å². The second-order valence-electron chi connectivity index (χ2n) is 8.27. The average Bonchev–Trinajstić information content (AvgIpc) is 3.35. The minimum Gasteiger partial charge on any atom is -0.476 e. The number of carboxylic acid groups (broad SMARTS) is 1. The number of carbonyl (C=O) groups excluding carboxylic acids is 2. The molecule has 1 aliphatic rings. The van der Waals surface area contributed by atoms with Crippen LogP contribution in [-0.2, 0) is 16.6 Å². The van der Waals surface area contributed by atoms with Gasteiger partial charge in [-0.15, -0.1) is 0 Å². The third kappa shape index (κ3) is 4.78. The molecule has 1 unspecified atom stereocenters. The molecule has 1 aliphatic carbocycles. The first kappa shape index (κ1) is 23.0. The molecular formula is C25H26N4O5. The van der Waals surface area contributed by atoms with Crippen molar-refractivity contribution in [2.24, 2.45) is 13.0 Å². The van der Waals surface area contributed by atoms with Gasteiger partial charge in [0.2, 0.25) is 5.91 Å². The number of fused-ring (bicyclic) bond motifs is 3. The van der Waals surface area contributed by atoms with Crippen LogP contribution in [0, 0.1) is 5.92 Å². The number of aromatic carboxylic acids is 1. The largest absolute Gasteiger partial charge is 0.476 e. The van der Waals surface area contributed by atoms with Crippen LogP contribution in [0.4, 0.5) is 10.6 Å². The molecular weight excluding hydrogens is 436 g/mol. The number of carbonyl (C=O) groups is 3. The molecule has 9 nitrogen and oxygen atoms in total. The number of benzene rings is 2. The van der Waals surface area contributed by atoms with Crippen molar-refractivity contribution in [2.75, 3.05) is 18.5 Å². The molecule has 3 N–H and O–H groups in total. The summed E-state index contributed by atoms with van der Waals surface area (Å²) in [4.78, 5) is 35.7. The zero-order valence-electron chi connectivity index (χ0n) is 18.9. The Bertz CT molecular complexity index is 1190. The van der Waals surface area contributed by atoms with E-state index in [0.29, 0.717) is 12.2 Å². The molecule has 176 valence electrons. The molecule has 4 rings (SSSR count). The van der Waals surface area contributed by atoms with Gasteiger partial charge in [0.15, 0.2) is 5.69 Å². The Kier molecular flexibility index (Phi) is 6.62. The van der Waals surface area contributed by atoms with Crippen molar-refractivity contribution in [3.8, 4) is 11.1 Å². The predicted octanol–water partition coefficient (Wildman–Crippen LogP) is 3.62. The molecule has 0 bridgehead atoms. The van der Waals surface area contributed by atoms with Crippen LogP contribution in [0.3, 0.4) is 0 Å². The number of aromatic nitrogens is 2. The van der Waals surface area contributed by atoms with Crippen molar-refractivity contribution < 1.29 is 24.2 Å². The Hall–Kier alpha value is -4.14. The zero-order chi connectivity index (χ0) is 24.2. The highest BCUT2D eigenvalue weighted by atomic mass is 16.5. The van der Waals surface area contributed by atoms with E-state index in [1.807, 2.05) is 24.3 Å². The van der Waals surface area contributed by atoms with Crippen LogP contribution in [0.2, 0.25) is 0 Å². The summed E-state index contributed by atoms with van der Waals surface area (Å²) in [6, 6.07) is 17.5. The lowest BCUT2D eigenvalue weighted by Gasteiger charge is -2.15. The monoisotopic (exact) mass is 462 g/mol. The standard InChI is InChI=1S/C25H26N4O5/c1-15(23(30)27-22-13-21(24(31)32)28-29(22)2)11-12-26-25(33)34-14-20-18-9-5-3-7-16(18)17-8-4-6-10-19(17)20/h3-10,13,15,20H,11-12,14H2,1-2H3,(H,26,33)(H,27,30)(H,31,32).